The lowest BCUT2D eigenvalue weighted by Crippen LogP contribution is -2.17. The summed E-state index contributed by atoms with van der Waals surface area (Å²) in [6.45, 7) is 1.04. The zero-order chi connectivity index (χ0) is 13.1. The molecule has 0 radical (unpaired) electrons. The minimum atomic E-state index is 0.807. The molecule has 100 valence electrons. The van der Waals surface area contributed by atoms with Crippen LogP contribution in [0.15, 0.2) is 30.6 Å². The van der Waals surface area contributed by atoms with Gasteiger partial charge in [-0.2, -0.15) is 0 Å². The monoisotopic (exact) mass is 255 g/mol. The van der Waals surface area contributed by atoms with Gasteiger partial charge < -0.3 is 11.1 Å². The van der Waals surface area contributed by atoms with Crippen LogP contribution in [0, 0.1) is 5.92 Å². The van der Waals surface area contributed by atoms with Gasteiger partial charge in [-0.05, 0) is 30.9 Å². The minimum absolute atomic E-state index is 0.807. The van der Waals surface area contributed by atoms with E-state index in [1.165, 1.54) is 32.1 Å². The molecule has 1 aromatic carbocycles. The predicted octanol–water partition coefficient (Wildman–Crippen LogP) is 3.81. The molecule has 0 aliphatic heterocycles. The minimum Gasteiger partial charge on any atom is -0.397 e. The largest absolute Gasteiger partial charge is 0.397 e. The second-order valence-corrected chi connectivity index (χ2v) is 5.51. The van der Waals surface area contributed by atoms with Crippen molar-refractivity contribution in [3.8, 4) is 0 Å². The summed E-state index contributed by atoms with van der Waals surface area (Å²) in [5.41, 5.74) is 8.15. The van der Waals surface area contributed by atoms with E-state index in [0.29, 0.717) is 0 Å². The first-order valence-electron chi connectivity index (χ1n) is 7.20. The molecule has 1 saturated carbocycles. The summed E-state index contributed by atoms with van der Waals surface area (Å²) in [4.78, 5) is 4.13. The van der Waals surface area contributed by atoms with Gasteiger partial charge in [0.2, 0.25) is 0 Å². The fourth-order valence-corrected chi connectivity index (χ4v) is 2.99. The molecule has 3 nitrogen and oxygen atoms in total. The SMILES string of the molecule is Nc1c(NCC2CCCCC2)ccc2cnccc12. The third-order valence-electron chi connectivity index (χ3n) is 4.17. The van der Waals surface area contributed by atoms with Crippen molar-refractivity contribution in [2.24, 2.45) is 5.92 Å². The second kappa shape index (κ2) is 5.47. The highest BCUT2D eigenvalue weighted by Crippen LogP contribution is 2.29. The van der Waals surface area contributed by atoms with Crippen molar-refractivity contribution in [1.82, 2.24) is 4.98 Å². The van der Waals surface area contributed by atoms with Crippen molar-refractivity contribution in [1.29, 1.82) is 0 Å². The number of anilines is 2. The van der Waals surface area contributed by atoms with Gasteiger partial charge in [-0.15, -0.1) is 0 Å². The van der Waals surface area contributed by atoms with Gasteiger partial charge >= 0.3 is 0 Å². The summed E-state index contributed by atoms with van der Waals surface area (Å²) in [6.07, 6.45) is 10.5. The number of nitrogen functional groups attached to an aromatic ring is 1. The van der Waals surface area contributed by atoms with Gasteiger partial charge in [0.25, 0.3) is 0 Å². The van der Waals surface area contributed by atoms with Crippen molar-refractivity contribution >= 4 is 22.1 Å². The molecule has 3 heteroatoms. The lowest BCUT2D eigenvalue weighted by Gasteiger charge is -2.23. The van der Waals surface area contributed by atoms with Crippen LogP contribution in [0.3, 0.4) is 0 Å². The molecule has 1 fully saturated rings. The summed E-state index contributed by atoms with van der Waals surface area (Å²) in [5.74, 6) is 0.807. The maximum Gasteiger partial charge on any atom is 0.0630 e. The van der Waals surface area contributed by atoms with E-state index in [-0.39, 0.29) is 0 Å². The molecule has 1 aliphatic rings. The molecule has 0 unspecified atom stereocenters. The standard InChI is InChI=1S/C16H21N3/c17-16-14-8-9-18-11-13(14)6-7-15(16)19-10-12-4-2-1-3-5-12/h6-9,11-12,19H,1-5,10,17H2. The summed E-state index contributed by atoms with van der Waals surface area (Å²) in [6, 6.07) is 6.14. The van der Waals surface area contributed by atoms with Crippen LogP contribution in [-0.4, -0.2) is 11.5 Å². The quantitative estimate of drug-likeness (QED) is 0.820. The van der Waals surface area contributed by atoms with Crippen molar-refractivity contribution in [3.63, 3.8) is 0 Å². The number of rotatable bonds is 3. The van der Waals surface area contributed by atoms with Gasteiger partial charge in [-0.25, -0.2) is 0 Å². The average Bonchev–Trinajstić information content (AvgIpc) is 2.48. The predicted molar refractivity (Wildman–Crippen MR) is 81.2 cm³/mol. The molecule has 1 aliphatic carbocycles. The van der Waals surface area contributed by atoms with E-state index >= 15 is 0 Å². The summed E-state index contributed by atoms with van der Waals surface area (Å²) in [7, 11) is 0. The number of nitrogens with two attached hydrogens (primary N) is 1. The Morgan fingerprint density at radius 2 is 2.00 bits per heavy atom. The highest BCUT2D eigenvalue weighted by molar-refractivity contribution is 5.98. The molecule has 3 N–H and O–H groups in total. The lowest BCUT2D eigenvalue weighted by molar-refractivity contribution is 0.373. The first-order valence-corrected chi connectivity index (χ1v) is 7.20. The molecule has 0 amide bonds. The third-order valence-corrected chi connectivity index (χ3v) is 4.17. The van der Waals surface area contributed by atoms with Crippen LogP contribution in [0.1, 0.15) is 32.1 Å². The van der Waals surface area contributed by atoms with Crippen LogP contribution >= 0.6 is 0 Å². The molecule has 0 bridgehead atoms. The average molecular weight is 255 g/mol. The summed E-state index contributed by atoms with van der Waals surface area (Å²) in [5, 5.41) is 5.72. The normalized spacial score (nSPS) is 16.6. The van der Waals surface area contributed by atoms with E-state index in [0.717, 1.165) is 34.6 Å². The van der Waals surface area contributed by atoms with Crippen LogP contribution in [0.5, 0.6) is 0 Å². The Morgan fingerprint density at radius 3 is 2.84 bits per heavy atom. The van der Waals surface area contributed by atoms with E-state index in [1.807, 2.05) is 12.3 Å². The number of hydrogen-bond donors (Lipinski definition) is 2. The maximum atomic E-state index is 6.24. The van der Waals surface area contributed by atoms with E-state index in [1.54, 1.807) is 6.20 Å². The van der Waals surface area contributed by atoms with Gasteiger partial charge in [-0.1, -0.05) is 25.3 Å². The first-order chi connectivity index (χ1) is 9.34. The molecule has 2 aromatic rings. The van der Waals surface area contributed by atoms with Gasteiger partial charge in [0, 0.05) is 29.7 Å². The molecule has 0 atom stereocenters. The number of benzene rings is 1. The Kier molecular flexibility index (Phi) is 3.53. The molecule has 1 heterocycles. The number of aromatic nitrogens is 1. The van der Waals surface area contributed by atoms with E-state index in [9.17, 15) is 0 Å². The van der Waals surface area contributed by atoms with Gasteiger partial charge in [0.15, 0.2) is 0 Å². The van der Waals surface area contributed by atoms with Crippen LogP contribution in [0.25, 0.3) is 10.8 Å². The smallest absolute Gasteiger partial charge is 0.0630 e. The van der Waals surface area contributed by atoms with Crippen molar-refractivity contribution in [2.75, 3.05) is 17.6 Å². The van der Waals surface area contributed by atoms with Gasteiger partial charge in [-0.3, -0.25) is 4.98 Å². The first kappa shape index (κ1) is 12.3. The summed E-state index contributed by atoms with van der Waals surface area (Å²) < 4.78 is 0. The Balaban J connectivity index is 1.75. The second-order valence-electron chi connectivity index (χ2n) is 5.51. The van der Waals surface area contributed by atoms with Gasteiger partial charge in [0.05, 0.1) is 11.4 Å². The van der Waals surface area contributed by atoms with Crippen LogP contribution < -0.4 is 11.1 Å². The number of nitrogens with one attached hydrogen (secondary N) is 1. The Hall–Kier alpha value is -1.77. The number of hydrogen-bond acceptors (Lipinski definition) is 3. The number of pyridine rings is 1. The highest BCUT2D eigenvalue weighted by Gasteiger charge is 2.13. The zero-order valence-electron chi connectivity index (χ0n) is 11.2. The fraction of sp³-hybridized carbons (Fsp3) is 0.438. The summed E-state index contributed by atoms with van der Waals surface area (Å²) >= 11 is 0. The van der Waals surface area contributed by atoms with Crippen LogP contribution in [0.2, 0.25) is 0 Å². The fourth-order valence-electron chi connectivity index (χ4n) is 2.99. The van der Waals surface area contributed by atoms with E-state index < -0.39 is 0 Å². The Morgan fingerprint density at radius 1 is 1.16 bits per heavy atom. The van der Waals surface area contributed by atoms with Crippen molar-refractivity contribution in [3.05, 3.63) is 30.6 Å². The van der Waals surface area contributed by atoms with Crippen molar-refractivity contribution < 1.29 is 0 Å². The Bertz CT molecular complexity index is 559. The van der Waals surface area contributed by atoms with E-state index in [4.69, 9.17) is 5.73 Å². The third kappa shape index (κ3) is 2.65. The topological polar surface area (TPSA) is 50.9 Å². The van der Waals surface area contributed by atoms with Gasteiger partial charge in [0.1, 0.15) is 0 Å². The molecule has 0 spiro atoms. The number of fused-ring (bicyclic) bond motifs is 1. The van der Waals surface area contributed by atoms with Crippen LogP contribution in [-0.2, 0) is 0 Å². The molecule has 3 rings (SSSR count). The molecular weight excluding hydrogens is 234 g/mol. The van der Waals surface area contributed by atoms with E-state index in [2.05, 4.69) is 22.4 Å². The van der Waals surface area contributed by atoms with Crippen molar-refractivity contribution in [2.45, 2.75) is 32.1 Å². The molecule has 1 aromatic heterocycles. The molecule has 19 heavy (non-hydrogen) atoms. The molecule has 0 saturated heterocycles. The molecular formula is C16H21N3. The number of nitrogens with zero attached hydrogens (tertiary/aromatic N) is 1. The zero-order valence-corrected chi connectivity index (χ0v) is 11.2. The highest BCUT2D eigenvalue weighted by atomic mass is 14.9. The maximum absolute atomic E-state index is 6.24. The lowest BCUT2D eigenvalue weighted by atomic mass is 9.89. The Labute approximate surface area is 114 Å². The van der Waals surface area contributed by atoms with Crippen LogP contribution in [0.4, 0.5) is 11.4 Å².